The van der Waals surface area contributed by atoms with E-state index in [1.807, 2.05) is 29.6 Å². The van der Waals surface area contributed by atoms with Crippen molar-refractivity contribution in [3.05, 3.63) is 47.0 Å². The minimum atomic E-state index is -0.458. The van der Waals surface area contributed by atoms with E-state index in [1.54, 1.807) is 6.20 Å². The van der Waals surface area contributed by atoms with Crippen molar-refractivity contribution >= 4 is 28.3 Å². The van der Waals surface area contributed by atoms with Crippen molar-refractivity contribution < 1.29 is 9.59 Å². The van der Waals surface area contributed by atoms with Gasteiger partial charge in [-0.3, -0.25) is 9.59 Å². The quantitative estimate of drug-likeness (QED) is 0.804. The van der Waals surface area contributed by atoms with E-state index in [-0.39, 0.29) is 23.8 Å². The summed E-state index contributed by atoms with van der Waals surface area (Å²) in [5, 5.41) is 5.50. The number of amides is 2. The van der Waals surface area contributed by atoms with Gasteiger partial charge in [-0.15, -0.1) is 11.3 Å². The monoisotopic (exact) mass is 397 g/mol. The van der Waals surface area contributed by atoms with Crippen LogP contribution in [0.2, 0.25) is 0 Å². The van der Waals surface area contributed by atoms with E-state index in [0.29, 0.717) is 10.7 Å². The van der Waals surface area contributed by atoms with Gasteiger partial charge >= 0.3 is 0 Å². The first-order chi connectivity index (χ1) is 13.6. The van der Waals surface area contributed by atoms with Crippen molar-refractivity contribution in [3.63, 3.8) is 0 Å². The number of hydrogen-bond donors (Lipinski definition) is 1. The van der Waals surface area contributed by atoms with Crippen LogP contribution >= 0.6 is 11.3 Å². The summed E-state index contributed by atoms with van der Waals surface area (Å²) in [6, 6.07) is 7.75. The van der Waals surface area contributed by atoms with Crippen molar-refractivity contribution in [1.82, 2.24) is 9.88 Å². The smallest absolute Gasteiger partial charge is 0.254 e. The largest absolute Gasteiger partial charge is 0.329 e. The highest BCUT2D eigenvalue weighted by Crippen LogP contribution is 2.50. The van der Waals surface area contributed by atoms with Gasteiger partial charge in [0.25, 0.3) is 5.91 Å². The van der Waals surface area contributed by atoms with E-state index in [0.717, 1.165) is 44.1 Å². The van der Waals surface area contributed by atoms with Crippen molar-refractivity contribution in [2.45, 2.75) is 69.9 Å². The Hall–Kier alpha value is -2.21. The molecule has 2 atom stereocenters. The lowest BCUT2D eigenvalue weighted by Crippen LogP contribution is -2.64. The van der Waals surface area contributed by atoms with Crippen molar-refractivity contribution in [1.29, 1.82) is 0 Å². The third-order valence-corrected chi connectivity index (χ3v) is 7.10. The maximum absolute atomic E-state index is 13.6. The first kappa shape index (κ1) is 19.1. The van der Waals surface area contributed by atoms with E-state index in [2.05, 4.69) is 29.0 Å². The van der Waals surface area contributed by atoms with E-state index in [9.17, 15) is 9.59 Å². The maximum Gasteiger partial charge on any atom is 0.254 e. The van der Waals surface area contributed by atoms with Crippen LogP contribution in [0, 0.1) is 0 Å². The van der Waals surface area contributed by atoms with Crippen LogP contribution in [0.5, 0.6) is 0 Å². The molecule has 1 fully saturated rings. The summed E-state index contributed by atoms with van der Waals surface area (Å²) in [4.78, 5) is 33.4. The molecule has 1 aliphatic heterocycles. The van der Waals surface area contributed by atoms with E-state index in [4.69, 9.17) is 0 Å². The number of benzene rings is 1. The molecule has 0 bridgehead atoms. The number of thiazole rings is 1. The Morgan fingerprint density at radius 2 is 2.07 bits per heavy atom. The Labute approximate surface area is 170 Å². The molecule has 28 heavy (non-hydrogen) atoms. The minimum Gasteiger partial charge on any atom is -0.329 e. The van der Waals surface area contributed by atoms with Gasteiger partial charge in [0.1, 0.15) is 0 Å². The molecule has 0 saturated heterocycles. The lowest BCUT2D eigenvalue weighted by Gasteiger charge is -2.55. The second kappa shape index (κ2) is 7.66. The summed E-state index contributed by atoms with van der Waals surface area (Å²) in [6.07, 6.45) is 7.55. The molecule has 6 heteroatoms. The SMILES string of the molecule is CC[C@H](C)N1C(=O)c2ccccc2[C@H](C(=O)Nc2nccs2)C12CCCCC2. The second-order valence-electron chi connectivity index (χ2n) is 7.94. The molecule has 0 radical (unpaired) electrons. The summed E-state index contributed by atoms with van der Waals surface area (Å²) in [5.41, 5.74) is 1.07. The van der Waals surface area contributed by atoms with Crippen LogP contribution in [0.25, 0.3) is 0 Å². The molecule has 4 rings (SSSR count). The van der Waals surface area contributed by atoms with Gasteiger partial charge in [-0.25, -0.2) is 4.98 Å². The molecule has 1 saturated carbocycles. The normalized spacial score (nSPS) is 22.0. The van der Waals surface area contributed by atoms with Crippen LogP contribution in [-0.2, 0) is 4.79 Å². The summed E-state index contributed by atoms with van der Waals surface area (Å²) in [5.74, 6) is -0.352. The van der Waals surface area contributed by atoms with Gasteiger partial charge in [0.2, 0.25) is 5.91 Å². The number of fused-ring (bicyclic) bond motifs is 1. The molecule has 1 N–H and O–H groups in total. The fourth-order valence-electron chi connectivity index (χ4n) is 5.07. The number of hydrogen-bond acceptors (Lipinski definition) is 4. The van der Waals surface area contributed by atoms with Crippen molar-refractivity contribution in [2.75, 3.05) is 5.32 Å². The molecule has 2 heterocycles. The Kier molecular flexibility index (Phi) is 5.23. The van der Waals surface area contributed by atoms with Crippen LogP contribution in [0.3, 0.4) is 0 Å². The van der Waals surface area contributed by atoms with Gasteiger partial charge in [-0.1, -0.05) is 44.4 Å². The van der Waals surface area contributed by atoms with E-state index >= 15 is 0 Å². The fourth-order valence-corrected chi connectivity index (χ4v) is 5.60. The molecule has 0 unspecified atom stereocenters. The molecular formula is C22H27N3O2S. The third-order valence-electron chi connectivity index (χ3n) is 6.41. The number of rotatable bonds is 4. The van der Waals surface area contributed by atoms with Crippen LogP contribution in [0.1, 0.15) is 74.2 Å². The Bertz CT molecular complexity index is 858. The number of anilines is 1. The number of aromatic nitrogens is 1. The van der Waals surface area contributed by atoms with Crippen molar-refractivity contribution in [3.8, 4) is 0 Å². The van der Waals surface area contributed by atoms with Crippen LogP contribution in [0.15, 0.2) is 35.8 Å². The number of nitrogens with zero attached hydrogens (tertiary/aromatic N) is 2. The van der Waals surface area contributed by atoms with Crippen LogP contribution in [0.4, 0.5) is 5.13 Å². The predicted molar refractivity (Wildman–Crippen MR) is 112 cm³/mol. The van der Waals surface area contributed by atoms with Crippen LogP contribution < -0.4 is 5.32 Å². The first-order valence-corrected chi connectivity index (χ1v) is 11.1. The molecule has 1 aromatic heterocycles. The number of nitrogens with one attached hydrogen (secondary N) is 1. The minimum absolute atomic E-state index is 0.0508. The second-order valence-corrected chi connectivity index (χ2v) is 8.84. The average molecular weight is 398 g/mol. The van der Waals surface area contributed by atoms with E-state index in [1.165, 1.54) is 11.3 Å². The molecule has 2 aliphatic rings. The summed E-state index contributed by atoms with van der Waals surface area (Å²) in [7, 11) is 0. The average Bonchev–Trinajstić information content (AvgIpc) is 3.21. The summed E-state index contributed by atoms with van der Waals surface area (Å²) in [6.45, 7) is 4.22. The number of carbonyl (C=O) groups is 2. The molecule has 1 spiro atoms. The van der Waals surface area contributed by atoms with Gasteiger partial charge in [0.05, 0.1) is 11.5 Å². The molecule has 2 aromatic rings. The third kappa shape index (κ3) is 3.04. The fraction of sp³-hybridized carbons (Fsp3) is 0.500. The topological polar surface area (TPSA) is 62.3 Å². The molecular weight excluding hydrogens is 370 g/mol. The molecule has 2 amide bonds. The zero-order chi connectivity index (χ0) is 19.7. The van der Waals surface area contributed by atoms with Crippen LogP contribution in [-0.4, -0.2) is 33.3 Å². The Morgan fingerprint density at radius 3 is 2.75 bits per heavy atom. The Balaban J connectivity index is 1.86. The van der Waals surface area contributed by atoms with Gasteiger partial charge in [0, 0.05) is 23.2 Å². The highest BCUT2D eigenvalue weighted by atomic mass is 32.1. The molecule has 5 nitrogen and oxygen atoms in total. The molecule has 1 aliphatic carbocycles. The zero-order valence-electron chi connectivity index (χ0n) is 16.5. The highest BCUT2D eigenvalue weighted by molar-refractivity contribution is 7.13. The lowest BCUT2D eigenvalue weighted by molar-refractivity contribution is -0.122. The highest BCUT2D eigenvalue weighted by Gasteiger charge is 2.55. The van der Waals surface area contributed by atoms with Crippen molar-refractivity contribution in [2.24, 2.45) is 0 Å². The lowest BCUT2D eigenvalue weighted by atomic mass is 9.64. The summed E-state index contributed by atoms with van der Waals surface area (Å²) < 4.78 is 0. The summed E-state index contributed by atoms with van der Waals surface area (Å²) >= 11 is 1.42. The number of carbonyl (C=O) groups excluding carboxylic acids is 2. The molecule has 148 valence electrons. The zero-order valence-corrected chi connectivity index (χ0v) is 17.3. The maximum atomic E-state index is 13.6. The van der Waals surface area contributed by atoms with Gasteiger partial charge < -0.3 is 10.2 Å². The molecule has 1 aromatic carbocycles. The van der Waals surface area contributed by atoms with Gasteiger partial charge in [-0.2, -0.15) is 0 Å². The predicted octanol–water partition coefficient (Wildman–Crippen LogP) is 4.82. The van der Waals surface area contributed by atoms with Gasteiger partial charge in [0.15, 0.2) is 5.13 Å². The Morgan fingerprint density at radius 1 is 1.32 bits per heavy atom. The first-order valence-electron chi connectivity index (χ1n) is 10.2. The van der Waals surface area contributed by atoms with E-state index < -0.39 is 5.54 Å². The standard InChI is InChI=1S/C22H27N3O2S/c1-3-15(2)25-20(27)17-10-6-5-9-16(17)18(22(25)11-7-4-8-12-22)19(26)24-21-23-13-14-28-21/h5-6,9-10,13-15,18H,3-4,7-8,11-12H2,1-2H3,(H,23,24,26)/t15-,18+/m0/s1. The van der Waals surface area contributed by atoms with Gasteiger partial charge in [-0.05, 0) is 37.8 Å².